The van der Waals surface area contributed by atoms with E-state index in [9.17, 15) is 0 Å². The second-order valence-electron chi connectivity index (χ2n) is 6.46. The Morgan fingerprint density at radius 3 is 2.55 bits per heavy atom. The number of hydrogen-bond donors (Lipinski definition) is 0. The van der Waals surface area contributed by atoms with Gasteiger partial charge in [-0.1, -0.05) is 32.1 Å². The Labute approximate surface area is 134 Å². The van der Waals surface area contributed by atoms with Crippen molar-refractivity contribution in [2.75, 3.05) is 33.4 Å². The van der Waals surface area contributed by atoms with Gasteiger partial charge in [0, 0.05) is 19.6 Å². The molecule has 1 aliphatic rings. The second-order valence-corrected chi connectivity index (χ2v) is 6.46. The minimum atomic E-state index is 0.707. The molecule has 0 spiro atoms. The molecule has 22 heavy (non-hydrogen) atoms. The van der Waals surface area contributed by atoms with Gasteiger partial charge in [0.05, 0.1) is 7.11 Å². The molecule has 3 nitrogen and oxygen atoms in total. The number of ether oxygens (including phenoxy) is 2. The normalized spacial score (nSPS) is 22.9. The summed E-state index contributed by atoms with van der Waals surface area (Å²) in [4.78, 5) is 2.51. The van der Waals surface area contributed by atoms with E-state index < -0.39 is 0 Å². The largest absolute Gasteiger partial charge is 0.493 e. The zero-order valence-corrected chi connectivity index (χ0v) is 14.3. The molecule has 0 aliphatic carbocycles. The molecule has 1 fully saturated rings. The molecule has 0 radical (unpaired) electrons. The summed E-state index contributed by atoms with van der Waals surface area (Å²) in [5.74, 6) is 3.21. The fourth-order valence-corrected chi connectivity index (χ4v) is 3.36. The summed E-state index contributed by atoms with van der Waals surface area (Å²) in [6.07, 6.45) is 5.42. The summed E-state index contributed by atoms with van der Waals surface area (Å²) >= 11 is 0. The first-order chi connectivity index (χ1) is 10.6. The third-order valence-corrected chi connectivity index (χ3v) is 4.16. The lowest BCUT2D eigenvalue weighted by molar-refractivity contribution is 0.120. The molecule has 0 bridgehead atoms. The van der Waals surface area contributed by atoms with Gasteiger partial charge in [-0.15, -0.1) is 0 Å². The second kappa shape index (κ2) is 8.23. The maximum absolute atomic E-state index is 5.94. The van der Waals surface area contributed by atoms with Crippen molar-refractivity contribution in [2.45, 2.75) is 27.2 Å². The summed E-state index contributed by atoms with van der Waals surface area (Å²) in [6, 6.07) is 6.07. The van der Waals surface area contributed by atoms with Crippen molar-refractivity contribution in [3.8, 4) is 11.5 Å². The van der Waals surface area contributed by atoms with Crippen LogP contribution < -0.4 is 9.47 Å². The van der Waals surface area contributed by atoms with Crippen LogP contribution in [0.5, 0.6) is 11.5 Å². The minimum Gasteiger partial charge on any atom is -0.493 e. The van der Waals surface area contributed by atoms with E-state index in [2.05, 4.69) is 30.9 Å². The molecule has 0 aromatic heterocycles. The van der Waals surface area contributed by atoms with Crippen LogP contribution in [0.1, 0.15) is 32.8 Å². The summed E-state index contributed by atoms with van der Waals surface area (Å²) in [5, 5.41) is 0. The van der Waals surface area contributed by atoms with Crippen LogP contribution in [0.25, 0.3) is 6.08 Å². The van der Waals surface area contributed by atoms with Gasteiger partial charge >= 0.3 is 0 Å². The fourth-order valence-electron chi connectivity index (χ4n) is 3.36. The van der Waals surface area contributed by atoms with Gasteiger partial charge in [-0.3, -0.25) is 4.90 Å². The summed E-state index contributed by atoms with van der Waals surface area (Å²) in [7, 11) is 1.69. The van der Waals surface area contributed by atoms with Crippen molar-refractivity contribution in [3.63, 3.8) is 0 Å². The highest BCUT2D eigenvalue weighted by atomic mass is 16.5. The number of likely N-dealkylation sites (tertiary alicyclic amines) is 1. The van der Waals surface area contributed by atoms with E-state index in [1.54, 1.807) is 7.11 Å². The highest BCUT2D eigenvalue weighted by molar-refractivity contribution is 5.55. The van der Waals surface area contributed by atoms with Gasteiger partial charge in [0.1, 0.15) is 6.61 Å². The van der Waals surface area contributed by atoms with E-state index in [4.69, 9.17) is 9.47 Å². The number of benzene rings is 1. The van der Waals surface area contributed by atoms with Crippen molar-refractivity contribution in [1.29, 1.82) is 0 Å². The SMILES string of the molecule is C/C=C/c1ccc(OCCN2C[C@H](C)C[C@@H](C)C2)c(OC)c1. The molecule has 0 saturated carbocycles. The van der Waals surface area contributed by atoms with Crippen LogP contribution in [0.4, 0.5) is 0 Å². The van der Waals surface area contributed by atoms with Crippen LogP contribution in [-0.2, 0) is 0 Å². The average molecular weight is 303 g/mol. The Morgan fingerprint density at radius 2 is 1.91 bits per heavy atom. The molecular formula is C19H29NO2. The third-order valence-electron chi connectivity index (χ3n) is 4.16. The molecule has 3 heteroatoms. The number of nitrogens with zero attached hydrogens (tertiary/aromatic N) is 1. The molecule has 2 atom stereocenters. The molecule has 122 valence electrons. The molecule has 2 rings (SSSR count). The van der Waals surface area contributed by atoms with Crippen LogP contribution >= 0.6 is 0 Å². The van der Waals surface area contributed by atoms with Crippen LogP contribution in [0, 0.1) is 11.8 Å². The van der Waals surface area contributed by atoms with Gasteiger partial charge in [0.2, 0.25) is 0 Å². The highest BCUT2D eigenvalue weighted by Gasteiger charge is 2.21. The van der Waals surface area contributed by atoms with Crippen LogP contribution in [0.15, 0.2) is 24.3 Å². The Balaban J connectivity index is 1.88. The number of piperidine rings is 1. The van der Waals surface area contributed by atoms with E-state index in [1.165, 1.54) is 19.5 Å². The number of allylic oxidation sites excluding steroid dienone is 1. The van der Waals surface area contributed by atoms with E-state index in [0.29, 0.717) is 6.61 Å². The molecule has 1 saturated heterocycles. The van der Waals surface area contributed by atoms with Gasteiger partial charge < -0.3 is 9.47 Å². The standard InChI is InChI=1S/C19H29NO2/c1-5-6-17-7-8-18(19(12-17)21-4)22-10-9-20-13-15(2)11-16(3)14-20/h5-8,12,15-16H,9-11,13-14H2,1-4H3/b6-5+/t15-,16-/m1/s1. The first kappa shape index (κ1) is 16.9. The van der Waals surface area contributed by atoms with Crippen LogP contribution in [-0.4, -0.2) is 38.3 Å². The molecule has 0 N–H and O–H groups in total. The van der Waals surface area contributed by atoms with Crippen molar-refractivity contribution in [2.24, 2.45) is 11.8 Å². The molecule has 0 amide bonds. The van der Waals surface area contributed by atoms with E-state index >= 15 is 0 Å². The van der Waals surface area contributed by atoms with Gasteiger partial charge in [-0.05, 0) is 42.9 Å². The Hall–Kier alpha value is -1.48. The Kier molecular flexibility index (Phi) is 6.32. The van der Waals surface area contributed by atoms with E-state index in [1.807, 2.05) is 25.1 Å². The summed E-state index contributed by atoms with van der Waals surface area (Å²) in [6.45, 7) is 10.7. The quantitative estimate of drug-likeness (QED) is 0.790. The van der Waals surface area contributed by atoms with Gasteiger partial charge in [-0.25, -0.2) is 0 Å². The zero-order valence-electron chi connectivity index (χ0n) is 14.3. The molecular weight excluding hydrogens is 274 g/mol. The first-order valence-corrected chi connectivity index (χ1v) is 8.28. The lowest BCUT2D eigenvalue weighted by Crippen LogP contribution is -2.40. The number of methoxy groups -OCH3 is 1. The number of hydrogen-bond acceptors (Lipinski definition) is 3. The zero-order chi connectivity index (χ0) is 15.9. The van der Waals surface area contributed by atoms with Gasteiger partial charge in [-0.2, -0.15) is 0 Å². The van der Waals surface area contributed by atoms with Crippen molar-refractivity contribution in [1.82, 2.24) is 4.90 Å². The minimum absolute atomic E-state index is 0.707. The summed E-state index contributed by atoms with van der Waals surface area (Å²) in [5.41, 5.74) is 1.13. The number of rotatable bonds is 6. The van der Waals surface area contributed by atoms with Crippen LogP contribution in [0.2, 0.25) is 0 Å². The molecule has 0 unspecified atom stereocenters. The lowest BCUT2D eigenvalue weighted by Gasteiger charge is -2.34. The van der Waals surface area contributed by atoms with Crippen molar-refractivity contribution in [3.05, 3.63) is 29.8 Å². The fraction of sp³-hybridized carbons (Fsp3) is 0.579. The predicted octanol–water partition coefficient (Wildman–Crippen LogP) is 4.09. The smallest absolute Gasteiger partial charge is 0.161 e. The predicted molar refractivity (Wildman–Crippen MR) is 92.6 cm³/mol. The maximum atomic E-state index is 5.94. The lowest BCUT2D eigenvalue weighted by atomic mass is 9.92. The van der Waals surface area contributed by atoms with Gasteiger partial charge in [0.25, 0.3) is 0 Å². The first-order valence-electron chi connectivity index (χ1n) is 8.28. The van der Waals surface area contributed by atoms with Gasteiger partial charge in [0.15, 0.2) is 11.5 Å². The van der Waals surface area contributed by atoms with Crippen molar-refractivity contribution >= 4 is 6.08 Å². The average Bonchev–Trinajstić information content (AvgIpc) is 2.48. The molecule has 1 aliphatic heterocycles. The van der Waals surface area contributed by atoms with E-state index in [-0.39, 0.29) is 0 Å². The molecule has 1 aromatic rings. The van der Waals surface area contributed by atoms with E-state index in [0.717, 1.165) is 35.4 Å². The molecule has 1 heterocycles. The van der Waals surface area contributed by atoms with Crippen molar-refractivity contribution < 1.29 is 9.47 Å². The monoisotopic (exact) mass is 303 g/mol. The topological polar surface area (TPSA) is 21.7 Å². The third kappa shape index (κ3) is 4.77. The Morgan fingerprint density at radius 1 is 1.18 bits per heavy atom. The molecule has 1 aromatic carbocycles. The highest BCUT2D eigenvalue weighted by Crippen LogP contribution is 2.28. The maximum Gasteiger partial charge on any atom is 0.161 e. The van der Waals surface area contributed by atoms with Crippen LogP contribution in [0.3, 0.4) is 0 Å². The Bertz CT molecular complexity index is 488. The summed E-state index contributed by atoms with van der Waals surface area (Å²) < 4.78 is 11.4.